The number of fused-ring (bicyclic) bond motifs is 1. The zero-order chi connectivity index (χ0) is 24.9. The standard InChI is InChI=1S/C28H34FN5O2/c1-2-33-27(36)34(24-15-20-5-3-4-6-21(20)16-24)26(35)28(33)11-13-32(14-12-28)18-22-17-30-31-25(22)19-7-9-23(29)10-8-19/h3-10,22,24-25,30-31H,2,11-18H2,1H3. The second-order valence-electron chi connectivity index (χ2n) is 10.7. The van der Waals surface area contributed by atoms with Gasteiger partial charge in [-0.3, -0.25) is 15.1 Å². The molecule has 36 heavy (non-hydrogen) atoms. The fourth-order valence-corrected chi connectivity index (χ4v) is 6.87. The number of halogens is 1. The molecule has 0 saturated carbocycles. The quantitative estimate of drug-likeness (QED) is 0.630. The summed E-state index contributed by atoms with van der Waals surface area (Å²) in [6, 6.07) is 14.9. The first-order valence-electron chi connectivity index (χ1n) is 13.2. The molecule has 8 heteroatoms. The highest BCUT2D eigenvalue weighted by Crippen LogP contribution is 2.40. The van der Waals surface area contributed by atoms with Crippen molar-refractivity contribution >= 4 is 11.9 Å². The zero-order valence-electron chi connectivity index (χ0n) is 20.8. The van der Waals surface area contributed by atoms with Crippen molar-refractivity contribution in [1.82, 2.24) is 25.6 Å². The van der Waals surface area contributed by atoms with Gasteiger partial charge in [0.2, 0.25) is 0 Å². The van der Waals surface area contributed by atoms with E-state index in [9.17, 15) is 14.0 Å². The number of urea groups is 1. The van der Waals surface area contributed by atoms with Crippen LogP contribution in [0.25, 0.3) is 0 Å². The van der Waals surface area contributed by atoms with E-state index in [1.807, 2.05) is 36.1 Å². The van der Waals surface area contributed by atoms with E-state index in [4.69, 9.17) is 0 Å². The van der Waals surface area contributed by atoms with Crippen molar-refractivity contribution in [2.75, 3.05) is 32.7 Å². The summed E-state index contributed by atoms with van der Waals surface area (Å²) in [7, 11) is 0. The van der Waals surface area contributed by atoms with Crippen LogP contribution in [-0.2, 0) is 17.6 Å². The summed E-state index contributed by atoms with van der Waals surface area (Å²) in [5.74, 6) is 0.107. The highest BCUT2D eigenvalue weighted by Gasteiger charge is 2.59. The lowest BCUT2D eigenvalue weighted by Crippen LogP contribution is -2.57. The SMILES string of the molecule is CCN1C(=O)N(C2Cc3ccccc3C2)C(=O)C12CCN(CC1CNNC1c1ccc(F)cc1)CC2. The number of benzene rings is 2. The minimum atomic E-state index is -0.723. The molecule has 1 aliphatic carbocycles. The van der Waals surface area contributed by atoms with Gasteiger partial charge in [-0.2, -0.15) is 0 Å². The fourth-order valence-electron chi connectivity index (χ4n) is 6.87. The molecule has 7 nitrogen and oxygen atoms in total. The number of amides is 3. The van der Waals surface area contributed by atoms with Gasteiger partial charge in [-0.05, 0) is 61.4 Å². The molecule has 6 rings (SSSR count). The Hall–Kier alpha value is -2.81. The maximum absolute atomic E-state index is 13.9. The van der Waals surface area contributed by atoms with Gasteiger partial charge in [0, 0.05) is 44.7 Å². The summed E-state index contributed by atoms with van der Waals surface area (Å²) < 4.78 is 13.4. The van der Waals surface area contributed by atoms with Gasteiger partial charge >= 0.3 is 6.03 Å². The van der Waals surface area contributed by atoms with Gasteiger partial charge in [-0.15, -0.1) is 0 Å². The highest BCUT2D eigenvalue weighted by atomic mass is 19.1. The van der Waals surface area contributed by atoms with E-state index in [-0.39, 0.29) is 29.8 Å². The summed E-state index contributed by atoms with van der Waals surface area (Å²) in [4.78, 5) is 33.3. The number of carbonyl (C=O) groups is 2. The molecule has 3 amide bonds. The minimum absolute atomic E-state index is 0.000180. The Labute approximate surface area is 211 Å². The molecule has 3 saturated heterocycles. The second kappa shape index (κ2) is 9.25. The van der Waals surface area contributed by atoms with E-state index in [2.05, 4.69) is 27.9 Å². The van der Waals surface area contributed by atoms with Crippen LogP contribution >= 0.6 is 0 Å². The lowest BCUT2D eigenvalue weighted by atomic mass is 9.84. The van der Waals surface area contributed by atoms with Crippen molar-refractivity contribution < 1.29 is 14.0 Å². The number of likely N-dealkylation sites (tertiary alicyclic amines) is 1. The number of likely N-dealkylation sites (N-methyl/N-ethyl adjacent to an activating group) is 1. The molecule has 2 atom stereocenters. The Balaban J connectivity index is 1.14. The lowest BCUT2D eigenvalue weighted by molar-refractivity contribution is -0.137. The van der Waals surface area contributed by atoms with Crippen LogP contribution in [0.15, 0.2) is 48.5 Å². The summed E-state index contributed by atoms with van der Waals surface area (Å²) >= 11 is 0. The van der Waals surface area contributed by atoms with E-state index < -0.39 is 5.54 Å². The Morgan fingerprint density at radius 1 is 1.00 bits per heavy atom. The van der Waals surface area contributed by atoms with Crippen molar-refractivity contribution in [1.29, 1.82) is 0 Å². The van der Waals surface area contributed by atoms with Crippen LogP contribution in [0.2, 0.25) is 0 Å². The number of rotatable bonds is 5. The first-order valence-corrected chi connectivity index (χ1v) is 13.2. The Bertz CT molecular complexity index is 1120. The zero-order valence-corrected chi connectivity index (χ0v) is 20.8. The highest BCUT2D eigenvalue weighted by molar-refractivity contribution is 6.07. The number of imide groups is 1. The van der Waals surface area contributed by atoms with Crippen LogP contribution in [0.4, 0.5) is 9.18 Å². The molecule has 2 aromatic rings. The third kappa shape index (κ3) is 3.83. The molecule has 3 aliphatic heterocycles. The van der Waals surface area contributed by atoms with E-state index >= 15 is 0 Å². The molecule has 1 spiro atoms. The number of hydrogen-bond donors (Lipinski definition) is 2. The number of carbonyl (C=O) groups excluding carboxylic acids is 2. The largest absolute Gasteiger partial charge is 0.327 e. The average Bonchev–Trinajstić information content (AvgIpc) is 3.57. The Kier molecular flexibility index (Phi) is 6.06. The number of hydrogen-bond acceptors (Lipinski definition) is 5. The van der Waals surface area contributed by atoms with Gasteiger partial charge in [-0.25, -0.2) is 14.6 Å². The van der Waals surface area contributed by atoms with Crippen molar-refractivity contribution in [3.8, 4) is 0 Å². The normalized spacial score (nSPS) is 26.4. The first kappa shape index (κ1) is 23.6. The van der Waals surface area contributed by atoms with Gasteiger partial charge < -0.3 is 9.80 Å². The maximum Gasteiger partial charge on any atom is 0.327 e. The molecule has 2 aromatic carbocycles. The molecule has 3 heterocycles. The van der Waals surface area contributed by atoms with E-state index in [1.54, 1.807) is 4.90 Å². The smallest absolute Gasteiger partial charge is 0.310 e. The number of hydrazine groups is 1. The first-order chi connectivity index (χ1) is 17.5. The molecule has 3 fully saturated rings. The van der Waals surface area contributed by atoms with Gasteiger partial charge in [0.05, 0.1) is 6.04 Å². The molecule has 2 unspecified atom stereocenters. The fraction of sp³-hybridized carbons (Fsp3) is 0.500. The molecule has 4 aliphatic rings. The third-order valence-corrected chi connectivity index (χ3v) is 8.78. The van der Waals surface area contributed by atoms with Crippen LogP contribution in [0, 0.1) is 11.7 Å². The van der Waals surface area contributed by atoms with Gasteiger partial charge in [0.15, 0.2) is 0 Å². The minimum Gasteiger partial charge on any atom is -0.310 e. The molecule has 190 valence electrons. The van der Waals surface area contributed by atoms with Crippen molar-refractivity contribution in [2.45, 2.75) is 50.2 Å². The van der Waals surface area contributed by atoms with Crippen molar-refractivity contribution in [2.24, 2.45) is 5.92 Å². The van der Waals surface area contributed by atoms with Gasteiger partial charge in [0.1, 0.15) is 11.4 Å². The Morgan fingerprint density at radius 2 is 1.67 bits per heavy atom. The summed E-state index contributed by atoms with van der Waals surface area (Å²) in [5, 5.41) is 0. The number of nitrogens with zero attached hydrogens (tertiary/aromatic N) is 3. The van der Waals surface area contributed by atoms with Gasteiger partial charge in [0.25, 0.3) is 5.91 Å². The molecule has 2 N–H and O–H groups in total. The predicted octanol–water partition coefficient (Wildman–Crippen LogP) is 2.88. The molecule has 0 radical (unpaired) electrons. The van der Waals surface area contributed by atoms with E-state index in [0.717, 1.165) is 44.6 Å². The summed E-state index contributed by atoms with van der Waals surface area (Å²) in [6.07, 6.45) is 2.83. The van der Waals surface area contributed by atoms with Crippen LogP contribution in [0.1, 0.15) is 42.5 Å². The Morgan fingerprint density at radius 3 is 2.31 bits per heavy atom. The molecular formula is C28H34FN5O2. The third-order valence-electron chi connectivity index (χ3n) is 8.78. The van der Waals surface area contributed by atoms with Crippen LogP contribution in [-0.4, -0.2) is 70.9 Å². The van der Waals surface area contributed by atoms with Gasteiger partial charge in [-0.1, -0.05) is 36.4 Å². The van der Waals surface area contributed by atoms with Crippen LogP contribution in [0.3, 0.4) is 0 Å². The topological polar surface area (TPSA) is 67.9 Å². The summed E-state index contributed by atoms with van der Waals surface area (Å²) in [6.45, 7) is 5.80. The summed E-state index contributed by atoms with van der Waals surface area (Å²) in [5.41, 5.74) is 9.45. The van der Waals surface area contributed by atoms with Crippen LogP contribution in [0.5, 0.6) is 0 Å². The maximum atomic E-state index is 13.9. The number of nitrogens with one attached hydrogen (secondary N) is 2. The molecular weight excluding hydrogens is 457 g/mol. The van der Waals surface area contributed by atoms with Crippen molar-refractivity contribution in [3.63, 3.8) is 0 Å². The van der Waals surface area contributed by atoms with E-state index in [0.29, 0.717) is 25.3 Å². The van der Waals surface area contributed by atoms with Crippen molar-refractivity contribution in [3.05, 3.63) is 71.0 Å². The van der Waals surface area contributed by atoms with E-state index in [1.165, 1.54) is 23.3 Å². The second-order valence-corrected chi connectivity index (χ2v) is 10.7. The average molecular weight is 492 g/mol. The van der Waals surface area contributed by atoms with Crippen LogP contribution < -0.4 is 10.9 Å². The number of piperidine rings is 1. The monoisotopic (exact) mass is 491 g/mol. The molecule has 0 aromatic heterocycles. The predicted molar refractivity (Wildman–Crippen MR) is 134 cm³/mol. The molecule has 0 bridgehead atoms. The lowest BCUT2D eigenvalue weighted by Gasteiger charge is -2.42.